The lowest BCUT2D eigenvalue weighted by Crippen LogP contribution is -2.10. The third kappa shape index (κ3) is 3.01. The summed E-state index contributed by atoms with van der Waals surface area (Å²) >= 11 is 1.38. The predicted octanol–water partition coefficient (Wildman–Crippen LogP) is 4.96. The molecule has 0 atom stereocenters. The minimum absolute atomic E-state index is 0.0687. The van der Waals surface area contributed by atoms with Crippen molar-refractivity contribution >= 4 is 22.7 Å². The highest BCUT2D eigenvalue weighted by atomic mass is 32.2. The fourth-order valence-corrected chi connectivity index (χ4v) is 2.83. The molecule has 1 aromatic heterocycles. The molecule has 0 fully saturated rings. The summed E-state index contributed by atoms with van der Waals surface area (Å²) < 4.78 is 43.0. The lowest BCUT2D eigenvalue weighted by molar-refractivity contribution is -0.152. The van der Waals surface area contributed by atoms with Crippen molar-refractivity contribution in [3.05, 3.63) is 70.6 Å². The number of fused-ring (bicyclic) bond motifs is 1. The summed E-state index contributed by atoms with van der Waals surface area (Å²) in [6, 6.07) is 14.5. The first-order valence-corrected chi connectivity index (χ1v) is 7.13. The Labute approximate surface area is 127 Å². The summed E-state index contributed by atoms with van der Waals surface area (Å²) in [6.45, 7) is 0. The third-order valence-electron chi connectivity index (χ3n) is 2.96. The maximum atomic E-state index is 12.7. The van der Waals surface area contributed by atoms with Gasteiger partial charge in [0.05, 0.1) is 5.39 Å². The summed E-state index contributed by atoms with van der Waals surface area (Å²) in [5, 5.41) is 0.130. The van der Waals surface area contributed by atoms with Gasteiger partial charge < -0.3 is 4.42 Å². The van der Waals surface area contributed by atoms with Gasteiger partial charge in [-0.2, -0.15) is 13.2 Å². The molecule has 0 saturated heterocycles. The molecule has 2 aromatic carbocycles. The van der Waals surface area contributed by atoms with Crippen LogP contribution in [0.1, 0.15) is 5.76 Å². The van der Waals surface area contributed by atoms with Crippen LogP contribution >= 0.6 is 11.8 Å². The van der Waals surface area contributed by atoms with Crippen molar-refractivity contribution in [1.82, 2.24) is 0 Å². The molecule has 0 saturated carbocycles. The van der Waals surface area contributed by atoms with Crippen molar-refractivity contribution in [2.45, 2.75) is 16.0 Å². The molecular formula is C16H9F3O2S. The van der Waals surface area contributed by atoms with Crippen LogP contribution < -0.4 is 5.43 Å². The Morgan fingerprint density at radius 2 is 1.64 bits per heavy atom. The van der Waals surface area contributed by atoms with Crippen molar-refractivity contribution in [2.75, 3.05) is 0 Å². The molecule has 2 nitrogen and oxygen atoms in total. The Hall–Kier alpha value is -2.21. The number of hydrogen-bond acceptors (Lipinski definition) is 3. The smallest absolute Gasteiger partial charge is 0.449 e. The van der Waals surface area contributed by atoms with E-state index in [9.17, 15) is 18.0 Å². The van der Waals surface area contributed by atoms with Gasteiger partial charge in [-0.3, -0.25) is 4.79 Å². The van der Waals surface area contributed by atoms with Crippen LogP contribution in [0.15, 0.2) is 73.6 Å². The number of hydrogen-bond donors (Lipinski definition) is 0. The van der Waals surface area contributed by atoms with Crippen LogP contribution in [-0.4, -0.2) is 0 Å². The summed E-state index contributed by atoms with van der Waals surface area (Å²) in [4.78, 5) is 13.4. The molecule has 0 bridgehead atoms. The molecule has 0 aliphatic heterocycles. The van der Waals surface area contributed by atoms with Crippen LogP contribution in [0.5, 0.6) is 0 Å². The second kappa shape index (κ2) is 5.53. The molecule has 0 aliphatic rings. The maximum Gasteiger partial charge on any atom is 0.449 e. The molecule has 1 heterocycles. The Morgan fingerprint density at radius 3 is 2.32 bits per heavy atom. The summed E-state index contributed by atoms with van der Waals surface area (Å²) in [5.41, 5.74) is -0.773. The number of alkyl halides is 3. The van der Waals surface area contributed by atoms with Crippen LogP contribution in [0, 0.1) is 0 Å². The van der Waals surface area contributed by atoms with Crippen LogP contribution in [0.2, 0.25) is 0 Å². The van der Waals surface area contributed by atoms with Crippen LogP contribution in [-0.2, 0) is 6.18 Å². The number of benzene rings is 2. The molecule has 112 valence electrons. The lowest BCUT2D eigenvalue weighted by atomic mass is 10.2. The largest absolute Gasteiger partial charge is 0.451 e. The van der Waals surface area contributed by atoms with Gasteiger partial charge >= 0.3 is 6.18 Å². The molecule has 22 heavy (non-hydrogen) atoms. The van der Waals surface area contributed by atoms with Crippen LogP contribution in [0.4, 0.5) is 13.2 Å². The lowest BCUT2D eigenvalue weighted by Gasteiger charge is -2.07. The fourth-order valence-electron chi connectivity index (χ4n) is 1.96. The van der Waals surface area contributed by atoms with Crippen molar-refractivity contribution in [1.29, 1.82) is 0 Å². The second-order valence-electron chi connectivity index (χ2n) is 4.55. The Kier molecular flexibility index (Phi) is 3.70. The Balaban J connectivity index is 2.07. The monoisotopic (exact) mass is 322 g/mol. The normalized spacial score (nSPS) is 11.8. The average Bonchev–Trinajstić information content (AvgIpc) is 2.47. The predicted molar refractivity (Wildman–Crippen MR) is 78.1 cm³/mol. The number of halogens is 3. The minimum Gasteiger partial charge on any atom is -0.451 e. The zero-order valence-electron chi connectivity index (χ0n) is 11.1. The molecule has 0 amide bonds. The van der Waals surface area contributed by atoms with E-state index < -0.39 is 17.4 Å². The second-order valence-corrected chi connectivity index (χ2v) is 5.69. The van der Waals surface area contributed by atoms with E-state index in [-0.39, 0.29) is 11.0 Å². The first-order valence-electron chi connectivity index (χ1n) is 6.31. The van der Waals surface area contributed by atoms with E-state index in [4.69, 9.17) is 4.42 Å². The van der Waals surface area contributed by atoms with E-state index in [0.29, 0.717) is 11.0 Å². The SMILES string of the molecule is O=c1cc(C(F)(F)F)oc2cc(Sc3ccccc3)ccc12. The summed E-state index contributed by atoms with van der Waals surface area (Å²) in [5.74, 6) is -1.29. The van der Waals surface area contributed by atoms with Gasteiger partial charge in [0.2, 0.25) is 5.76 Å². The van der Waals surface area contributed by atoms with E-state index in [2.05, 4.69) is 0 Å². The molecular weight excluding hydrogens is 313 g/mol. The van der Waals surface area contributed by atoms with Crippen LogP contribution in [0.3, 0.4) is 0 Å². The van der Waals surface area contributed by atoms with Crippen LogP contribution in [0.25, 0.3) is 11.0 Å². The molecule has 0 aliphatic carbocycles. The third-order valence-corrected chi connectivity index (χ3v) is 3.96. The number of rotatable bonds is 2. The van der Waals surface area contributed by atoms with Crippen molar-refractivity contribution in [3.63, 3.8) is 0 Å². The van der Waals surface area contributed by atoms with Gasteiger partial charge in [-0.15, -0.1) is 0 Å². The van der Waals surface area contributed by atoms with Gasteiger partial charge in [0.25, 0.3) is 0 Å². The molecule has 0 unspecified atom stereocenters. The highest BCUT2D eigenvalue weighted by molar-refractivity contribution is 7.99. The van der Waals surface area contributed by atoms with E-state index in [1.165, 1.54) is 23.9 Å². The van der Waals surface area contributed by atoms with Crippen molar-refractivity contribution in [2.24, 2.45) is 0 Å². The zero-order chi connectivity index (χ0) is 15.7. The van der Waals surface area contributed by atoms with Gasteiger partial charge in [0.15, 0.2) is 5.43 Å². The molecule has 3 rings (SSSR count). The molecule has 0 radical (unpaired) electrons. The average molecular weight is 322 g/mol. The quantitative estimate of drug-likeness (QED) is 0.668. The van der Waals surface area contributed by atoms with Gasteiger partial charge in [0.1, 0.15) is 5.58 Å². The standard InChI is InChI=1S/C16H9F3O2S/c17-16(18,19)15-9-13(20)12-7-6-11(8-14(12)21-15)22-10-4-2-1-3-5-10/h1-9H. The van der Waals surface area contributed by atoms with Crippen molar-refractivity contribution < 1.29 is 17.6 Å². The van der Waals surface area contributed by atoms with Gasteiger partial charge in [0, 0.05) is 15.9 Å². The first kappa shape index (κ1) is 14.7. The van der Waals surface area contributed by atoms with E-state index >= 15 is 0 Å². The van der Waals surface area contributed by atoms with E-state index in [0.717, 1.165) is 4.90 Å². The minimum atomic E-state index is -4.68. The maximum absolute atomic E-state index is 12.7. The molecule has 0 spiro atoms. The molecule has 6 heteroatoms. The zero-order valence-corrected chi connectivity index (χ0v) is 11.9. The molecule has 3 aromatic rings. The summed E-state index contributed by atoms with van der Waals surface area (Å²) in [7, 11) is 0. The van der Waals surface area contributed by atoms with E-state index in [1.54, 1.807) is 6.07 Å². The highest BCUT2D eigenvalue weighted by Crippen LogP contribution is 2.33. The highest BCUT2D eigenvalue weighted by Gasteiger charge is 2.34. The Morgan fingerprint density at radius 1 is 0.909 bits per heavy atom. The van der Waals surface area contributed by atoms with E-state index in [1.807, 2.05) is 30.3 Å². The Bertz CT molecular complexity index is 870. The summed E-state index contributed by atoms with van der Waals surface area (Å²) in [6.07, 6.45) is -4.68. The fraction of sp³-hybridized carbons (Fsp3) is 0.0625. The van der Waals surface area contributed by atoms with Gasteiger partial charge in [-0.25, -0.2) is 0 Å². The first-order chi connectivity index (χ1) is 10.4. The topological polar surface area (TPSA) is 30.2 Å². The van der Waals surface area contributed by atoms with Gasteiger partial charge in [-0.05, 0) is 30.3 Å². The molecule has 0 N–H and O–H groups in total. The van der Waals surface area contributed by atoms with Crippen molar-refractivity contribution in [3.8, 4) is 0 Å². The van der Waals surface area contributed by atoms with Gasteiger partial charge in [-0.1, -0.05) is 30.0 Å².